The second-order valence-corrected chi connectivity index (χ2v) is 3.91. The van der Waals surface area contributed by atoms with Gasteiger partial charge in [-0.2, -0.15) is 11.3 Å². The van der Waals surface area contributed by atoms with Gasteiger partial charge in [-0.25, -0.2) is 0 Å². The number of nitrogens with zero attached hydrogens (tertiary/aromatic N) is 1. The van der Waals surface area contributed by atoms with E-state index in [1.54, 1.807) is 24.6 Å². The van der Waals surface area contributed by atoms with Crippen LogP contribution in [0.1, 0.15) is 17.3 Å². The van der Waals surface area contributed by atoms with Gasteiger partial charge in [0, 0.05) is 6.20 Å². The van der Waals surface area contributed by atoms with E-state index < -0.39 is 0 Å². The molecule has 2 heterocycles. The lowest BCUT2D eigenvalue weighted by Gasteiger charge is -2.12. The quantitative estimate of drug-likeness (QED) is 0.862. The zero-order valence-electron chi connectivity index (χ0n) is 8.38. The summed E-state index contributed by atoms with van der Waals surface area (Å²) in [5.41, 5.74) is 7.94. The van der Waals surface area contributed by atoms with Crippen LogP contribution in [0.5, 0.6) is 5.75 Å². The Kier molecular flexibility index (Phi) is 2.99. The maximum absolute atomic E-state index is 6.10. The van der Waals surface area contributed by atoms with Gasteiger partial charge >= 0.3 is 0 Å². The van der Waals surface area contributed by atoms with Crippen LogP contribution in [-0.2, 0) is 0 Å². The van der Waals surface area contributed by atoms with E-state index in [0.717, 1.165) is 17.0 Å². The molecule has 0 radical (unpaired) electrons. The Bertz CT molecular complexity index is 428. The predicted octanol–water partition coefficient (Wildman–Crippen LogP) is 2.20. The van der Waals surface area contributed by atoms with Gasteiger partial charge in [-0.1, -0.05) is 0 Å². The Morgan fingerprint density at radius 2 is 2.33 bits per heavy atom. The minimum atomic E-state index is -0.215. The lowest BCUT2D eigenvalue weighted by Crippen LogP contribution is -2.13. The molecule has 0 aliphatic carbocycles. The predicted molar refractivity (Wildman–Crippen MR) is 61.1 cm³/mol. The van der Waals surface area contributed by atoms with Crippen LogP contribution < -0.4 is 10.5 Å². The number of thiophene rings is 1. The van der Waals surface area contributed by atoms with Crippen molar-refractivity contribution in [1.29, 1.82) is 0 Å². The standard InChI is InChI=1S/C11H12N2OS/c1-14-9-3-2-5-13-11(9)10(12)8-4-6-15-7-8/h2-7,10H,12H2,1H3. The third kappa shape index (κ3) is 2.00. The van der Waals surface area contributed by atoms with Crippen LogP contribution in [0, 0.1) is 0 Å². The lowest BCUT2D eigenvalue weighted by molar-refractivity contribution is 0.404. The molecule has 0 spiro atoms. The van der Waals surface area contributed by atoms with E-state index in [-0.39, 0.29) is 6.04 Å². The normalized spacial score (nSPS) is 12.4. The van der Waals surface area contributed by atoms with Gasteiger partial charge in [-0.15, -0.1) is 0 Å². The largest absolute Gasteiger partial charge is 0.495 e. The summed E-state index contributed by atoms with van der Waals surface area (Å²) >= 11 is 1.63. The zero-order chi connectivity index (χ0) is 10.7. The molecule has 0 saturated carbocycles. The molecule has 0 aliphatic rings. The molecule has 0 aliphatic heterocycles. The molecule has 78 valence electrons. The number of hydrogen-bond acceptors (Lipinski definition) is 4. The minimum Gasteiger partial charge on any atom is -0.495 e. The Hall–Kier alpha value is -1.39. The first-order valence-corrected chi connectivity index (χ1v) is 5.54. The molecule has 0 amide bonds. The first kappa shape index (κ1) is 10.1. The van der Waals surface area contributed by atoms with Crippen molar-refractivity contribution in [2.24, 2.45) is 5.73 Å². The van der Waals surface area contributed by atoms with E-state index in [9.17, 15) is 0 Å². The molecule has 0 aromatic carbocycles. The molecule has 2 N–H and O–H groups in total. The van der Waals surface area contributed by atoms with Gasteiger partial charge in [0.1, 0.15) is 11.4 Å². The molecule has 1 atom stereocenters. The van der Waals surface area contributed by atoms with Gasteiger partial charge in [0.25, 0.3) is 0 Å². The average Bonchev–Trinajstić information content (AvgIpc) is 2.81. The van der Waals surface area contributed by atoms with Crippen LogP contribution in [0.2, 0.25) is 0 Å². The zero-order valence-corrected chi connectivity index (χ0v) is 9.20. The Morgan fingerprint density at radius 3 is 3.00 bits per heavy atom. The number of nitrogens with two attached hydrogens (primary N) is 1. The van der Waals surface area contributed by atoms with Crippen molar-refractivity contribution in [3.05, 3.63) is 46.4 Å². The second-order valence-electron chi connectivity index (χ2n) is 3.13. The van der Waals surface area contributed by atoms with E-state index in [2.05, 4.69) is 4.98 Å². The van der Waals surface area contributed by atoms with E-state index in [1.165, 1.54) is 0 Å². The highest BCUT2D eigenvalue weighted by atomic mass is 32.1. The van der Waals surface area contributed by atoms with Crippen molar-refractivity contribution in [2.75, 3.05) is 7.11 Å². The molecule has 15 heavy (non-hydrogen) atoms. The van der Waals surface area contributed by atoms with Gasteiger partial charge in [0.2, 0.25) is 0 Å². The fraction of sp³-hybridized carbons (Fsp3) is 0.182. The second kappa shape index (κ2) is 4.42. The number of hydrogen-bond donors (Lipinski definition) is 1. The minimum absolute atomic E-state index is 0.215. The number of aromatic nitrogens is 1. The van der Waals surface area contributed by atoms with Crippen molar-refractivity contribution in [2.45, 2.75) is 6.04 Å². The van der Waals surface area contributed by atoms with Gasteiger partial charge < -0.3 is 10.5 Å². The molecule has 0 fully saturated rings. The fourth-order valence-corrected chi connectivity index (χ4v) is 2.12. The van der Waals surface area contributed by atoms with Gasteiger partial charge in [-0.3, -0.25) is 4.98 Å². The summed E-state index contributed by atoms with van der Waals surface area (Å²) in [6.07, 6.45) is 1.73. The van der Waals surface area contributed by atoms with E-state index in [1.807, 2.05) is 29.0 Å². The number of pyridine rings is 1. The van der Waals surface area contributed by atoms with E-state index >= 15 is 0 Å². The molecular weight excluding hydrogens is 208 g/mol. The Labute approximate surface area is 92.5 Å². The fourth-order valence-electron chi connectivity index (χ4n) is 1.42. The first-order chi connectivity index (χ1) is 7.33. The number of ether oxygens (including phenoxy) is 1. The number of rotatable bonds is 3. The van der Waals surface area contributed by atoms with Crippen LogP contribution in [-0.4, -0.2) is 12.1 Å². The third-order valence-corrected chi connectivity index (χ3v) is 2.92. The number of methoxy groups -OCH3 is 1. The molecule has 0 bridgehead atoms. The first-order valence-electron chi connectivity index (χ1n) is 4.59. The van der Waals surface area contributed by atoms with Gasteiger partial charge in [-0.05, 0) is 34.5 Å². The van der Waals surface area contributed by atoms with E-state index in [0.29, 0.717) is 0 Å². The van der Waals surface area contributed by atoms with Crippen LogP contribution in [0.15, 0.2) is 35.2 Å². The van der Waals surface area contributed by atoms with Crippen molar-refractivity contribution in [1.82, 2.24) is 4.98 Å². The van der Waals surface area contributed by atoms with Crippen LogP contribution >= 0.6 is 11.3 Å². The lowest BCUT2D eigenvalue weighted by atomic mass is 10.1. The van der Waals surface area contributed by atoms with Crippen molar-refractivity contribution in [3.63, 3.8) is 0 Å². The molecule has 2 rings (SSSR count). The highest BCUT2D eigenvalue weighted by Gasteiger charge is 2.15. The molecule has 3 nitrogen and oxygen atoms in total. The Morgan fingerprint density at radius 1 is 1.47 bits per heavy atom. The molecule has 2 aromatic heterocycles. The summed E-state index contributed by atoms with van der Waals surface area (Å²) in [4.78, 5) is 4.26. The summed E-state index contributed by atoms with van der Waals surface area (Å²) < 4.78 is 5.23. The molecule has 2 aromatic rings. The average molecular weight is 220 g/mol. The highest BCUT2D eigenvalue weighted by Crippen LogP contribution is 2.26. The molecule has 1 unspecified atom stereocenters. The van der Waals surface area contributed by atoms with Crippen LogP contribution in [0.4, 0.5) is 0 Å². The molecule has 4 heteroatoms. The van der Waals surface area contributed by atoms with Crippen molar-refractivity contribution < 1.29 is 4.74 Å². The SMILES string of the molecule is COc1cccnc1C(N)c1ccsc1. The highest BCUT2D eigenvalue weighted by molar-refractivity contribution is 7.08. The van der Waals surface area contributed by atoms with Crippen molar-refractivity contribution >= 4 is 11.3 Å². The summed E-state index contributed by atoms with van der Waals surface area (Å²) in [6, 6.07) is 5.49. The Balaban J connectivity index is 2.37. The summed E-state index contributed by atoms with van der Waals surface area (Å²) in [7, 11) is 1.63. The molecule has 0 saturated heterocycles. The van der Waals surface area contributed by atoms with Gasteiger partial charge in [0.05, 0.1) is 13.2 Å². The smallest absolute Gasteiger partial charge is 0.142 e. The molecular formula is C11H12N2OS. The topological polar surface area (TPSA) is 48.1 Å². The van der Waals surface area contributed by atoms with Crippen LogP contribution in [0.25, 0.3) is 0 Å². The maximum Gasteiger partial charge on any atom is 0.142 e. The monoisotopic (exact) mass is 220 g/mol. The summed E-state index contributed by atoms with van der Waals surface area (Å²) in [5, 5.41) is 4.03. The third-order valence-electron chi connectivity index (χ3n) is 2.22. The van der Waals surface area contributed by atoms with Crippen molar-refractivity contribution in [3.8, 4) is 5.75 Å². The van der Waals surface area contributed by atoms with E-state index in [4.69, 9.17) is 10.5 Å². The van der Waals surface area contributed by atoms with Crippen LogP contribution in [0.3, 0.4) is 0 Å². The summed E-state index contributed by atoms with van der Waals surface area (Å²) in [6.45, 7) is 0. The maximum atomic E-state index is 6.10. The van der Waals surface area contributed by atoms with Gasteiger partial charge in [0.15, 0.2) is 0 Å². The summed E-state index contributed by atoms with van der Waals surface area (Å²) in [5.74, 6) is 0.733.